The fourth-order valence-corrected chi connectivity index (χ4v) is 1.26. The van der Waals surface area contributed by atoms with Crippen LogP contribution in [0.2, 0.25) is 0 Å². The van der Waals surface area contributed by atoms with Gasteiger partial charge in [-0.25, -0.2) is 0 Å². The molecule has 0 saturated heterocycles. The summed E-state index contributed by atoms with van der Waals surface area (Å²) in [7, 11) is 0. The minimum Gasteiger partial charge on any atom is -0.468 e. The summed E-state index contributed by atoms with van der Waals surface area (Å²) in [6, 6.07) is 3.72. The first-order valence-electron chi connectivity index (χ1n) is 5.66. The van der Waals surface area contributed by atoms with Crippen molar-refractivity contribution in [3.8, 4) is 0 Å². The summed E-state index contributed by atoms with van der Waals surface area (Å²) in [6.45, 7) is 4.72. The molecule has 0 aliphatic heterocycles. The van der Waals surface area contributed by atoms with Gasteiger partial charge in [0.1, 0.15) is 5.76 Å². The van der Waals surface area contributed by atoms with E-state index in [2.05, 4.69) is 12.2 Å². The van der Waals surface area contributed by atoms with Gasteiger partial charge < -0.3 is 9.15 Å². The third-order valence-corrected chi connectivity index (χ3v) is 2.28. The molecule has 0 aliphatic carbocycles. The molecule has 4 heteroatoms. The highest BCUT2D eigenvalue weighted by molar-refractivity contribution is 5.71. The molecule has 1 atom stereocenters. The van der Waals surface area contributed by atoms with Crippen LogP contribution in [0.1, 0.15) is 38.5 Å². The highest BCUT2D eigenvalue weighted by Gasteiger charge is 2.09. The summed E-state index contributed by atoms with van der Waals surface area (Å²) in [5.74, 6) is 0.605. The molecule has 0 bridgehead atoms. The number of carbonyl (C=O) groups excluding carboxylic acids is 1. The molecule has 0 aromatic carbocycles. The molecule has 1 heterocycles. The van der Waals surface area contributed by atoms with Crippen LogP contribution in [0, 0.1) is 0 Å². The van der Waals surface area contributed by atoms with Crippen LogP contribution in [0.5, 0.6) is 0 Å². The molecular weight excluding hydrogens is 206 g/mol. The molecule has 0 unspecified atom stereocenters. The predicted molar refractivity (Wildman–Crippen MR) is 61.0 cm³/mol. The van der Waals surface area contributed by atoms with Crippen molar-refractivity contribution < 1.29 is 13.9 Å². The van der Waals surface area contributed by atoms with Gasteiger partial charge in [-0.05, 0) is 25.5 Å². The Morgan fingerprint density at radius 2 is 2.44 bits per heavy atom. The number of carbonyl (C=O) groups is 1. The maximum absolute atomic E-state index is 11.3. The van der Waals surface area contributed by atoms with Crippen molar-refractivity contribution in [2.45, 2.75) is 32.7 Å². The van der Waals surface area contributed by atoms with Crippen molar-refractivity contribution in [1.82, 2.24) is 5.32 Å². The van der Waals surface area contributed by atoms with E-state index in [1.165, 1.54) is 0 Å². The first kappa shape index (κ1) is 12.8. The topological polar surface area (TPSA) is 51.5 Å². The van der Waals surface area contributed by atoms with Gasteiger partial charge in [-0.3, -0.25) is 10.1 Å². The SMILES string of the molecule is CCCCOC(=O)CN[C@H](C)c1ccco1. The number of rotatable bonds is 7. The second-order valence-electron chi connectivity index (χ2n) is 3.69. The van der Waals surface area contributed by atoms with E-state index in [-0.39, 0.29) is 18.6 Å². The largest absolute Gasteiger partial charge is 0.468 e. The van der Waals surface area contributed by atoms with Crippen LogP contribution in [-0.2, 0) is 9.53 Å². The zero-order chi connectivity index (χ0) is 11.8. The second-order valence-corrected chi connectivity index (χ2v) is 3.69. The van der Waals surface area contributed by atoms with E-state index < -0.39 is 0 Å². The molecule has 1 aromatic heterocycles. The Hall–Kier alpha value is -1.29. The number of hydrogen-bond acceptors (Lipinski definition) is 4. The van der Waals surface area contributed by atoms with E-state index >= 15 is 0 Å². The zero-order valence-corrected chi connectivity index (χ0v) is 9.86. The monoisotopic (exact) mass is 225 g/mol. The summed E-state index contributed by atoms with van der Waals surface area (Å²) in [5, 5.41) is 3.04. The summed E-state index contributed by atoms with van der Waals surface area (Å²) in [5.41, 5.74) is 0. The molecule has 1 rings (SSSR count). The Morgan fingerprint density at radius 1 is 1.62 bits per heavy atom. The lowest BCUT2D eigenvalue weighted by Gasteiger charge is -2.10. The van der Waals surface area contributed by atoms with E-state index in [4.69, 9.17) is 9.15 Å². The summed E-state index contributed by atoms with van der Waals surface area (Å²) < 4.78 is 10.2. The molecule has 0 aliphatic rings. The lowest BCUT2D eigenvalue weighted by Crippen LogP contribution is -2.27. The number of esters is 1. The second kappa shape index (κ2) is 7.06. The fourth-order valence-electron chi connectivity index (χ4n) is 1.26. The van der Waals surface area contributed by atoms with Crippen LogP contribution in [0.25, 0.3) is 0 Å². The average Bonchev–Trinajstić information content (AvgIpc) is 2.79. The van der Waals surface area contributed by atoms with Crippen LogP contribution in [0.4, 0.5) is 0 Å². The molecule has 1 N–H and O–H groups in total. The van der Waals surface area contributed by atoms with E-state index in [9.17, 15) is 4.79 Å². The van der Waals surface area contributed by atoms with Gasteiger partial charge in [-0.2, -0.15) is 0 Å². The van der Waals surface area contributed by atoms with Crippen molar-refractivity contribution in [1.29, 1.82) is 0 Å². The smallest absolute Gasteiger partial charge is 0.319 e. The third-order valence-electron chi connectivity index (χ3n) is 2.28. The molecule has 0 saturated carbocycles. The predicted octanol–water partition coefficient (Wildman–Crippen LogP) is 2.27. The zero-order valence-electron chi connectivity index (χ0n) is 9.86. The molecule has 0 spiro atoms. The standard InChI is InChI=1S/C12H19NO3/c1-3-4-7-16-12(14)9-13-10(2)11-6-5-8-15-11/h5-6,8,10,13H,3-4,7,9H2,1-2H3/t10-/m1/s1. The van der Waals surface area contributed by atoms with Gasteiger partial charge in [-0.15, -0.1) is 0 Å². The van der Waals surface area contributed by atoms with Crippen LogP contribution in [-0.4, -0.2) is 19.1 Å². The Balaban J connectivity index is 2.16. The summed E-state index contributed by atoms with van der Waals surface area (Å²) in [4.78, 5) is 11.3. The number of nitrogens with one attached hydrogen (secondary N) is 1. The molecule has 0 amide bonds. The van der Waals surface area contributed by atoms with Crippen molar-refractivity contribution in [3.05, 3.63) is 24.2 Å². The molecule has 0 radical (unpaired) electrons. The Kier molecular flexibility index (Phi) is 5.64. The van der Waals surface area contributed by atoms with Gasteiger partial charge in [-0.1, -0.05) is 13.3 Å². The van der Waals surface area contributed by atoms with Crippen LogP contribution >= 0.6 is 0 Å². The van der Waals surface area contributed by atoms with Gasteiger partial charge in [0.2, 0.25) is 0 Å². The van der Waals surface area contributed by atoms with Crippen LogP contribution < -0.4 is 5.32 Å². The van der Waals surface area contributed by atoms with E-state index in [1.54, 1.807) is 6.26 Å². The van der Waals surface area contributed by atoms with Crippen LogP contribution in [0.3, 0.4) is 0 Å². The number of furan rings is 1. The highest BCUT2D eigenvalue weighted by Crippen LogP contribution is 2.11. The molecule has 0 fully saturated rings. The lowest BCUT2D eigenvalue weighted by atomic mass is 10.2. The van der Waals surface area contributed by atoms with Crippen molar-refractivity contribution in [2.75, 3.05) is 13.2 Å². The van der Waals surface area contributed by atoms with Gasteiger partial charge >= 0.3 is 5.97 Å². The minimum atomic E-state index is -0.216. The molecular formula is C12H19NO3. The summed E-state index contributed by atoms with van der Waals surface area (Å²) >= 11 is 0. The van der Waals surface area contributed by atoms with Gasteiger partial charge in [0.15, 0.2) is 0 Å². The van der Waals surface area contributed by atoms with Gasteiger partial charge in [0.05, 0.1) is 25.5 Å². The minimum absolute atomic E-state index is 0.0220. The Morgan fingerprint density at radius 3 is 3.06 bits per heavy atom. The van der Waals surface area contributed by atoms with Crippen molar-refractivity contribution in [2.24, 2.45) is 0 Å². The Labute approximate surface area is 96.0 Å². The number of unbranched alkanes of at least 4 members (excludes halogenated alkanes) is 1. The first-order chi connectivity index (χ1) is 7.74. The quantitative estimate of drug-likeness (QED) is 0.571. The molecule has 16 heavy (non-hydrogen) atoms. The Bertz CT molecular complexity index is 295. The number of hydrogen-bond donors (Lipinski definition) is 1. The maximum atomic E-state index is 11.3. The summed E-state index contributed by atoms with van der Waals surface area (Å²) in [6.07, 6.45) is 3.57. The fraction of sp³-hybridized carbons (Fsp3) is 0.583. The normalized spacial score (nSPS) is 12.4. The molecule has 90 valence electrons. The van der Waals surface area contributed by atoms with Gasteiger partial charge in [0, 0.05) is 0 Å². The van der Waals surface area contributed by atoms with E-state index in [0.717, 1.165) is 18.6 Å². The number of ether oxygens (including phenoxy) is 1. The van der Waals surface area contributed by atoms with E-state index in [1.807, 2.05) is 19.1 Å². The van der Waals surface area contributed by atoms with Crippen LogP contribution in [0.15, 0.2) is 22.8 Å². The average molecular weight is 225 g/mol. The maximum Gasteiger partial charge on any atom is 0.319 e. The van der Waals surface area contributed by atoms with E-state index in [0.29, 0.717) is 6.61 Å². The van der Waals surface area contributed by atoms with Crippen molar-refractivity contribution >= 4 is 5.97 Å². The third kappa shape index (κ3) is 4.49. The lowest BCUT2D eigenvalue weighted by molar-refractivity contribution is -0.142. The molecule has 4 nitrogen and oxygen atoms in total. The molecule has 1 aromatic rings. The first-order valence-corrected chi connectivity index (χ1v) is 5.66. The highest BCUT2D eigenvalue weighted by atomic mass is 16.5. The van der Waals surface area contributed by atoms with Gasteiger partial charge in [0.25, 0.3) is 0 Å². The van der Waals surface area contributed by atoms with Crippen molar-refractivity contribution in [3.63, 3.8) is 0 Å².